The van der Waals surface area contributed by atoms with Crippen LogP contribution in [0.2, 0.25) is 13.1 Å². The second-order valence-electron chi connectivity index (χ2n) is 9.33. The van der Waals surface area contributed by atoms with Crippen molar-refractivity contribution in [3.63, 3.8) is 0 Å². The Balaban J connectivity index is 1.73. The van der Waals surface area contributed by atoms with Crippen LogP contribution in [-0.2, 0) is 10.8 Å². The summed E-state index contributed by atoms with van der Waals surface area (Å²) in [6.45, 7) is 13.9. The first-order valence-electron chi connectivity index (χ1n) is 10.9. The van der Waals surface area contributed by atoms with Gasteiger partial charge >= 0.3 is 0 Å². The fourth-order valence-electron chi connectivity index (χ4n) is 3.85. The number of hydrogen-bond donors (Lipinski definition) is 0. The van der Waals surface area contributed by atoms with E-state index >= 15 is 0 Å². The zero-order chi connectivity index (χ0) is 22.6. The summed E-state index contributed by atoms with van der Waals surface area (Å²) in [7, 11) is -0.803. The summed E-state index contributed by atoms with van der Waals surface area (Å²) in [4.78, 5) is 4.56. The molecule has 0 aliphatic carbocycles. The quantitative estimate of drug-likeness (QED) is 0.235. The van der Waals surface area contributed by atoms with E-state index in [-0.39, 0.29) is 11.5 Å². The van der Waals surface area contributed by atoms with Gasteiger partial charge in [0.2, 0.25) is 9.04 Å². The number of ether oxygens (including phenoxy) is 1. The molecule has 2 aromatic carbocycles. The normalized spacial score (nSPS) is 13.0. The molecule has 0 aliphatic heterocycles. The van der Waals surface area contributed by atoms with Gasteiger partial charge in [-0.15, -0.1) is 0 Å². The minimum Gasteiger partial charge on any atom is -0.493 e. The van der Waals surface area contributed by atoms with Gasteiger partial charge in [0.25, 0.3) is 0 Å². The molecular formula is C26H33BrNO2Si. The van der Waals surface area contributed by atoms with E-state index in [0.717, 1.165) is 39.5 Å². The van der Waals surface area contributed by atoms with Crippen LogP contribution in [0.1, 0.15) is 50.0 Å². The van der Waals surface area contributed by atoms with Crippen molar-refractivity contribution >= 4 is 35.9 Å². The molecule has 5 heteroatoms. The van der Waals surface area contributed by atoms with Crippen molar-refractivity contribution in [3.8, 4) is 5.75 Å². The first kappa shape index (κ1) is 24.0. The molecule has 1 radical (unpaired) electrons. The highest BCUT2D eigenvalue weighted by Gasteiger charge is 2.29. The molecule has 0 spiro atoms. The van der Waals surface area contributed by atoms with Gasteiger partial charge in [0.1, 0.15) is 5.75 Å². The van der Waals surface area contributed by atoms with Crippen molar-refractivity contribution in [2.24, 2.45) is 5.41 Å². The van der Waals surface area contributed by atoms with E-state index in [4.69, 9.17) is 9.16 Å². The van der Waals surface area contributed by atoms with E-state index in [1.54, 1.807) is 0 Å². The third kappa shape index (κ3) is 5.97. The second kappa shape index (κ2) is 10.3. The maximum absolute atomic E-state index is 6.45. The topological polar surface area (TPSA) is 31.4 Å². The summed E-state index contributed by atoms with van der Waals surface area (Å²) < 4.78 is 13.7. The van der Waals surface area contributed by atoms with Gasteiger partial charge in [0.05, 0.1) is 18.2 Å². The van der Waals surface area contributed by atoms with E-state index in [9.17, 15) is 0 Å². The standard InChI is InChI=1S/C26H33BrNO2Si/c1-18-17-28-23-21(14-9-15-22(23)27)24(18)29-16-10-12-19-11-7-8-13-20(19)25(26(2,3)4)30-31(5)6/h7-9,11,13-15,17,25H,10,12,16H2,1-6H3. The SMILES string of the molecule is Cc1cnc2c(Br)cccc2c1OCCCc1ccccc1C(O[Si](C)C)C(C)(C)C. The largest absolute Gasteiger partial charge is 0.493 e. The minimum absolute atomic E-state index is 0.0506. The molecule has 0 aliphatic rings. The molecule has 165 valence electrons. The lowest BCUT2D eigenvalue weighted by Gasteiger charge is -2.34. The number of nitrogens with zero attached hydrogens (tertiary/aromatic N) is 1. The number of rotatable bonds is 8. The fourth-order valence-corrected chi connectivity index (χ4v) is 5.27. The highest BCUT2D eigenvalue weighted by Crippen LogP contribution is 2.38. The molecule has 3 aromatic rings. The van der Waals surface area contributed by atoms with Gasteiger partial charge in [-0.25, -0.2) is 0 Å². The second-order valence-corrected chi connectivity index (χ2v) is 12.2. The minimum atomic E-state index is -0.803. The van der Waals surface area contributed by atoms with E-state index in [1.807, 2.05) is 18.3 Å². The van der Waals surface area contributed by atoms with Gasteiger partial charge in [0, 0.05) is 21.6 Å². The summed E-state index contributed by atoms with van der Waals surface area (Å²) >= 11 is 3.59. The van der Waals surface area contributed by atoms with Gasteiger partial charge in [-0.3, -0.25) is 4.98 Å². The van der Waals surface area contributed by atoms with Crippen molar-refractivity contribution in [1.82, 2.24) is 4.98 Å². The van der Waals surface area contributed by atoms with E-state index in [0.29, 0.717) is 6.61 Å². The summed E-state index contributed by atoms with van der Waals surface area (Å²) in [6.07, 6.45) is 3.91. The molecule has 1 aromatic heterocycles. The molecule has 31 heavy (non-hydrogen) atoms. The van der Waals surface area contributed by atoms with Gasteiger partial charge in [0.15, 0.2) is 0 Å². The number of benzene rings is 2. The van der Waals surface area contributed by atoms with E-state index in [2.05, 4.69) is 92.0 Å². The van der Waals surface area contributed by atoms with Gasteiger partial charge in [-0.2, -0.15) is 0 Å². The van der Waals surface area contributed by atoms with Crippen LogP contribution in [0.4, 0.5) is 0 Å². The zero-order valence-corrected chi connectivity index (χ0v) is 22.0. The predicted octanol–water partition coefficient (Wildman–Crippen LogP) is 7.67. The van der Waals surface area contributed by atoms with Crippen molar-refractivity contribution in [2.45, 2.75) is 59.7 Å². The summed E-state index contributed by atoms with van der Waals surface area (Å²) in [5.74, 6) is 0.930. The molecule has 3 nitrogen and oxygen atoms in total. The lowest BCUT2D eigenvalue weighted by molar-refractivity contribution is 0.0857. The Labute approximate surface area is 197 Å². The molecule has 1 heterocycles. The molecule has 0 fully saturated rings. The molecule has 0 bridgehead atoms. The monoisotopic (exact) mass is 498 g/mol. The fraction of sp³-hybridized carbons (Fsp3) is 0.423. The van der Waals surface area contributed by atoms with Crippen molar-refractivity contribution in [3.05, 3.63) is 69.8 Å². The number of hydrogen-bond acceptors (Lipinski definition) is 3. The van der Waals surface area contributed by atoms with Crippen LogP contribution >= 0.6 is 15.9 Å². The first-order valence-corrected chi connectivity index (χ1v) is 14.1. The van der Waals surface area contributed by atoms with Crippen LogP contribution in [0.15, 0.2) is 53.1 Å². The lowest BCUT2D eigenvalue weighted by atomic mass is 9.82. The number of para-hydroxylation sites is 1. The summed E-state index contributed by atoms with van der Waals surface area (Å²) in [6, 6.07) is 14.8. The zero-order valence-electron chi connectivity index (χ0n) is 19.5. The highest BCUT2D eigenvalue weighted by atomic mass is 79.9. The van der Waals surface area contributed by atoms with Gasteiger partial charge in [-0.05, 0) is 77.5 Å². The third-order valence-electron chi connectivity index (χ3n) is 5.29. The molecule has 0 N–H and O–H groups in total. The summed E-state index contributed by atoms with van der Waals surface area (Å²) in [5, 5.41) is 1.05. The summed E-state index contributed by atoms with van der Waals surface area (Å²) in [5.41, 5.74) is 4.72. The average molecular weight is 500 g/mol. The molecule has 0 amide bonds. The molecule has 0 saturated carbocycles. The highest BCUT2D eigenvalue weighted by molar-refractivity contribution is 9.10. The molecular weight excluding hydrogens is 466 g/mol. The third-order valence-corrected chi connectivity index (χ3v) is 6.64. The number of pyridine rings is 1. The van der Waals surface area contributed by atoms with Crippen LogP contribution in [0.25, 0.3) is 10.9 Å². The molecule has 1 unspecified atom stereocenters. The van der Waals surface area contributed by atoms with Crippen molar-refractivity contribution in [1.29, 1.82) is 0 Å². The number of fused-ring (bicyclic) bond motifs is 1. The Bertz CT molecular complexity index is 1030. The Kier molecular flexibility index (Phi) is 7.95. The van der Waals surface area contributed by atoms with E-state index in [1.165, 1.54) is 11.1 Å². The number of halogens is 1. The Morgan fingerprint density at radius 2 is 1.81 bits per heavy atom. The maximum atomic E-state index is 6.45. The van der Waals surface area contributed by atoms with Crippen LogP contribution < -0.4 is 4.74 Å². The Hall–Kier alpha value is -1.69. The van der Waals surface area contributed by atoms with Crippen LogP contribution in [0, 0.1) is 12.3 Å². The van der Waals surface area contributed by atoms with Gasteiger partial charge < -0.3 is 9.16 Å². The van der Waals surface area contributed by atoms with Crippen LogP contribution in [-0.4, -0.2) is 20.6 Å². The Morgan fingerprint density at radius 3 is 2.52 bits per heavy atom. The Morgan fingerprint density at radius 1 is 1.06 bits per heavy atom. The first-order chi connectivity index (χ1) is 14.7. The molecule has 1 atom stereocenters. The van der Waals surface area contributed by atoms with E-state index < -0.39 is 9.04 Å². The van der Waals surface area contributed by atoms with Crippen molar-refractivity contribution < 1.29 is 9.16 Å². The van der Waals surface area contributed by atoms with Crippen LogP contribution in [0.5, 0.6) is 5.75 Å². The average Bonchev–Trinajstić information content (AvgIpc) is 2.70. The lowest BCUT2D eigenvalue weighted by Crippen LogP contribution is -2.26. The van der Waals surface area contributed by atoms with Crippen LogP contribution in [0.3, 0.4) is 0 Å². The number of aryl methyl sites for hydroxylation is 2. The van der Waals surface area contributed by atoms with Gasteiger partial charge in [-0.1, -0.05) is 51.1 Å². The maximum Gasteiger partial charge on any atom is 0.205 e. The predicted molar refractivity (Wildman–Crippen MR) is 135 cm³/mol. The molecule has 0 saturated heterocycles. The number of aromatic nitrogens is 1. The smallest absolute Gasteiger partial charge is 0.205 e. The molecule has 3 rings (SSSR count). The van der Waals surface area contributed by atoms with Crippen molar-refractivity contribution in [2.75, 3.05) is 6.61 Å².